The Morgan fingerprint density at radius 2 is 1.33 bits per heavy atom. The third-order valence-corrected chi connectivity index (χ3v) is 10.9. The Kier molecular flexibility index (Phi) is 7.27. The van der Waals surface area contributed by atoms with Crippen LogP contribution in [0.15, 0.2) is 11.8 Å². The molecule has 0 saturated carbocycles. The van der Waals surface area contributed by atoms with Crippen molar-refractivity contribution in [2.24, 2.45) is 0 Å². The molecule has 0 aromatic heterocycles. The van der Waals surface area contributed by atoms with E-state index in [1.807, 2.05) is 0 Å². The van der Waals surface area contributed by atoms with Gasteiger partial charge in [-0.15, -0.1) is 0 Å². The summed E-state index contributed by atoms with van der Waals surface area (Å²) in [6, 6.07) is 0. The average Bonchev–Trinajstić information content (AvgIpc) is 2.05. The fourth-order valence-electron chi connectivity index (χ4n) is 1.81. The van der Waals surface area contributed by atoms with Crippen LogP contribution in [0.1, 0.15) is 12.8 Å². The lowest BCUT2D eigenvalue weighted by atomic mass is 10.3. The van der Waals surface area contributed by atoms with Crippen LogP contribution in [-0.4, -0.2) is 36.9 Å². The van der Waals surface area contributed by atoms with Crippen LogP contribution < -0.4 is 0 Å². The fourth-order valence-corrected chi connectivity index (χ4v) is 13.2. The highest BCUT2D eigenvalue weighted by molar-refractivity contribution is 6.89. The van der Waals surface area contributed by atoms with Crippen molar-refractivity contribution in [3.63, 3.8) is 0 Å². The summed E-state index contributed by atoms with van der Waals surface area (Å²) < 4.78 is 12.6. The largest absolute Gasteiger partial charge is 0.434 e. The molecule has 0 unspecified atom stereocenters. The van der Waals surface area contributed by atoms with E-state index in [4.69, 9.17) is 13.3 Å². The highest BCUT2D eigenvalue weighted by Crippen LogP contribution is 2.21. The van der Waals surface area contributed by atoms with Crippen molar-refractivity contribution in [1.82, 2.24) is 0 Å². The molecule has 0 fully saturated rings. The predicted octanol–water partition coefficient (Wildman–Crippen LogP) is 3.63. The molecule has 1 N–H and O–H groups in total. The molecule has 0 aromatic rings. The van der Waals surface area contributed by atoms with E-state index in [-0.39, 0.29) is 6.61 Å². The summed E-state index contributed by atoms with van der Waals surface area (Å²) in [6.45, 7) is 15.6. The molecule has 0 aliphatic rings. The first kappa shape index (κ1) is 18.3. The summed E-state index contributed by atoms with van der Waals surface area (Å²) in [5, 5.41) is 8.80. The molecule has 0 aliphatic carbocycles. The minimum atomic E-state index is -2.21. The van der Waals surface area contributed by atoms with Crippen molar-refractivity contribution in [3.05, 3.63) is 11.8 Å². The number of aliphatic hydroxyl groups excluding tert-OH is 1. The third kappa shape index (κ3) is 10.2. The second-order valence-electron chi connectivity index (χ2n) is 6.71. The zero-order chi connectivity index (χ0) is 14.4. The maximum absolute atomic E-state index is 8.80. The predicted molar refractivity (Wildman–Crippen MR) is 85.9 cm³/mol. The normalized spacial score (nSPS) is 14.4. The van der Waals surface area contributed by atoms with Gasteiger partial charge in [-0.25, -0.2) is 0 Å². The van der Waals surface area contributed by atoms with Gasteiger partial charge in [-0.05, 0) is 64.4 Å². The van der Waals surface area contributed by atoms with Gasteiger partial charge < -0.3 is 13.3 Å². The molecule has 0 aromatic carbocycles. The van der Waals surface area contributed by atoms with Crippen LogP contribution in [0.5, 0.6) is 0 Å². The molecule has 0 rings (SSSR count). The number of aliphatic hydroxyl groups is 1. The first-order valence-electron chi connectivity index (χ1n) is 6.66. The summed E-state index contributed by atoms with van der Waals surface area (Å²) in [5.74, 6) is 0. The standard InChI is InChI=1S/C12H30O3Si3/c1-16(2,3)14-18(7,15-17(4,5)6)12-10-8-9-11-13/h10,12-13H,8-9,11H2,1-7H3/b12-10+. The third-order valence-electron chi connectivity index (χ3n) is 1.97. The Morgan fingerprint density at radius 3 is 1.67 bits per heavy atom. The van der Waals surface area contributed by atoms with E-state index in [0.717, 1.165) is 12.8 Å². The van der Waals surface area contributed by atoms with Gasteiger partial charge in [0.2, 0.25) is 0 Å². The van der Waals surface area contributed by atoms with Crippen molar-refractivity contribution in [2.75, 3.05) is 6.61 Å². The monoisotopic (exact) mass is 306 g/mol. The lowest BCUT2D eigenvalue weighted by Gasteiger charge is -2.36. The summed E-state index contributed by atoms with van der Waals surface area (Å²) in [6.07, 6.45) is 3.81. The van der Waals surface area contributed by atoms with Gasteiger partial charge in [0, 0.05) is 6.61 Å². The number of unbranched alkanes of at least 4 members (excludes halogenated alkanes) is 1. The van der Waals surface area contributed by atoms with E-state index in [1.54, 1.807) is 0 Å². The number of allylic oxidation sites excluding steroid dienone is 1. The average molecular weight is 307 g/mol. The SMILES string of the molecule is C[Si](C)(C)O[Si](C)(/C=C/CCCO)O[Si](C)(C)C. The second kappa shape index (κ2) is 7.16. The van der Waals surface area contributed by atoms with Gasteiger partial charge in [-0.2, -0.15) is 0 Å². The summed E-state index contributed by atoms with van der Waals surface area (Å²) in [7, 11) is -5.41. The molecule has 0 spiro atoms. The number of hydrogen-bond donors (Lipinski definition) is 1. The lowest BCUT2D eigenvalue weighted by Crippen LogP contribution is -2.51. The van der Waals surface area contributed by atoms with E-state index in [0.29, 0.717) is 0 Å². The topological polar surface area (TPSA) is 38.7 Å². The van der Waals surface area contributed by atoms with E-state index in [1.165, 1.54) is 0 Å². The van der Waals surface area contributed by atoms with Crippen molar-refractivity contribution in [3.8, 4) is 0 Å². The maximum atomic E-state index is 8.80. The first-order chi connectivity index (χ1) is 7.97. The minimum Gasteiger partial charge on any atom is -0.434 e. The van der Waals surface area contributed by atoms with E-state index in [2.05, 4.69) is 57.6 Å². The van der Waals surface area contributed by atoms with E-state index < -0.39 is 25.2 Å². The second-order valence-corrected chi connectivity index (χ2v) is 19.2. The molecule has 0 amide bonds. The quantitative estimate of drug-likeness (QED) is 0.550. The highest BCUT2D eigenvalue weighted by atomic mass is 28.5. The zero-order valence-electron chi connectivity index (χ0n) is 13.0. The Balaban J connectivity index is 4.75. The van der Waals surface area contributed by atoms with Crippen LogP contribution >= 0.6 is 0 Å². The van der Waals surface area contributed by atoms with Gasteiger partial charge >= 0.3 is 8.56 Å². The van der Waals surface area contributed by atoms with Gasteiger partial charge in [0.05, 0.1) is 0 Å². The van der Waals surface area contributed by atoms with Crippen LogP contribution in [-0.2, 0) is 8.23 Å². The zero-order valence-corrected chi connectivity index (χ0v) is 16.0. The molecular formula is C12H30O3Si3. The Morgan fingerprint density at radius 1 is 0.889 bits per heavy atom. The Hall–Kier alpha value is 0.271. The smallest absolute Gasteiger partial charge is 0.340 e. The van der Waals surface area contributed by atoms with E-state index >= 15 is 0 Å². The summed E-state index contributed by atoms with van der Waals surface area (Å²) in [4.78, 5) is 0. The molecule has 0 saturated heterocycles. The number of hydrogen-bond acceptors (Lipinski definition) is 3. The van der Waals surface area contributed by atoms with Crippen molar-refractivity contribution < 1.29 is 13.3 Å². The van der Waals surface area contributed by atoms with Crippen LogP contribution in [0, 0.1) is 0 Å². The molecule has 108 valence electrons. The minimum absolute atomic E-state index is 0.242. The molecule has 0 aliphatic heterocycles. The van der Waals surface area contributed by atoms with Gasteiger partial charge in [0.15, 0.2) is 16.6 Å². The first-order valence-corrected chi connectivity index (χ1v) is 15.9. The summed E-state index contributed by atoms with van der Waals surface area (Å²) in [5.41, 5.74) is 2.15. The van der Waals surface area contributed by atoms with Crippen LogP contribution in [0.25, 0.3) is 0 Å². The van der Waals surface area contributed by atoms with Crippen LogP contribution in [0.4, 0.5) is 0 Å². The van der Waals surface area contributed by atoms with Crippen molar-refractivity contribution >= 4 is 25.2 Å². The molecule has 6 heteroatoms. The van der Waals surface area contributed by atoms with Gasteiger partial charge in [0.25, 0.3) is 0 Å². The molecular weight excluding hydrogens is 276 g/mol. The van der Waals surface area contributed by atoms with Gasteiger partial charge in [-0.3, -0.25) is 0 Å². The lowest BCUT2D eigenvalue weighted by molar-refractivity contribution is 0.289. The Labute approximate surface area is 116 Å². The highest BCUT2D eigenvalue weighted by Gasteiger charge is 2.38. The Bertz CT molecular complexity index is 251. The molecule has 18 heavy (non-hydrogen) atoms. The van der Waals surface area contributed by atoms with Crippen molar-refractivity contribution in [1.29, 1.82) is 0 Å². The molecule has 0 bridgehead atoms. The molecule has 0 radical (unpaired) electrons. The van der Waals surface area contributed by atoms with Gasteiger partial charge in [-0.1, -0.05) is 6.08 Å². The summed E-state index contributed by atoms with van der Waals surface area (Å²) >= 11 is 0. The van der Waals surface area contributed by atoms with E-state index in [9.17, 15) is 0 Å². The fraction of sp³-hybridized carbons (Fsp3) is 0.833. The number of rotatable bonds is 8. The molecule has 0 atom stereocenters. The van der Waals surface area contributed by atoms with Crippen LogP contribution in [0.3, 0.4) is 0 Å². The van der Waals surface area contributed by atoms with Crippen molar-refractivity contribution in [2.45, 2.75) is 58.7 Å². The van der Waals surface area contributed by atoms with Crippen LogP contribution in [0.2, 0.25) is 45.8 Å². The maximum Gasteiger partial charge on any atom is 0.340 e. The van der Waals surface area contributed by atoms with Gasteiger partial charge in [0.1, 0.15) is 0 Å². The molecule has 0 heterocycles. The molecule has 3 nitrogen and oxygen atoms in total.